The Kier molecular flexibility index (Phi) is 6.22. The minimum atomic E-state index is -0.881. The summed E-state index contributed by atoms with van der Waals surface area (Å²) in [5, 5.41) is 17.2. The molecule has 0 atom stereocenters. The first-order chi connectivity index (χ1) is 7.96. The number of azo groups is 1. The molecule has 0 unspecified atom stereocenters. The summed E-state index contributed by atoms with van der Waals surface area (Å²) in [6.45, 7) is 9.72. The molecule has 0 aliphatic heterocycles. The van der Waals surface area contributed by atoms with Crippen LogP contribution in [0.2, 0.25) is 0 Å². The molecule has 0 radical (unpaired) electrons. The van der Waals surface area contributed by atoms with E-state index in [1.165, 1.54) is 0 Å². The molecule has 1 N–H and O–H groups in total. The van der Waals surface area contributed by atoms with Crippen LogP contribution in [-0.4, -0.2) is 38.0 Å². The molecule has 0 spiro atoms. The van der Waals surface area contributed by atoms with E-state index < -0.39 is 11.6 Å². The number of rotatable bonds is 5. The van der Waals surface area contributed by atoms with Crippen LogP contribution >= 0.6 is 24.8 Å². The van der Waals surface area contributed by atoms with Gasteiger partial charge in [-0.3, -0.25) is 4.79 Å². The predicted molar refractivity (Wildman–Crippen MR) is 79.2 cm³/mol. The van der Waals surface area contributed by atoms with Crippen molar-refractivity contribution in [3.8, 4) is 0 Å². The molecule has 7 heteroatoms. The largest absolute Gasteiger partial charge is 0.481 e. The summed E-state index contributed by atoms with van der Waals surface area (Å²) in [5.41, 5.74) is -0.991. The van der Waals surface area contributed by atoms with E-state index in [0.717, 1.165) is 0 Å². The van der Waals surface area contributed by atoms with Gasteiger partial charge in [0, 0.05) is 6.54 Å². The smallest absolute Gasteiger partial charge is 0.305 e. The minimum Gasteiger partial charge on any atom is -0.481 e. The Labute approximate surface area is 119 Å². The number of aliphatic carboxylic acids is 1. The number of carbonyl (C=O) groups is 1. The molecule has 0 aliphatic rings. The van der Waals surface area contributed by atoms with Gasteiger partial charge in [0.2, 0.25) is 0 Å². The molecule has 18 heavy (non-hydrogen) atoms. The minimum absolute atomic E-state index is 0.0187. The zero-order chi connectivity index (χ0) is 14.6. The molecule has 0 aliphatic carbocycles. The first-order valence-corrected chi connectivity index (χ1v) is 6.48. The van der Waals surface area contributed by atoms with Crippen LogP contribution in [0.5, 0.6) is 0 Å². The third-order valence-electron chi connectivity index (χ3n) is 2.04. The summed E-state index contributed by atoms with van der Waals surface area (Å²) < 4.78 is 0.314. The van der Waals surface area contributed by atoms with E-state index >= 15 is 0 Å². The van der Waals surface area contributed by atoms with Crippen LogP contribution in [0.15, 0.2) is 10.2 Å². The number of carboxylic acids is 1. The molecule has 0 fully saturated rings. The fourth-order valence-corrected chi connectivity index (χ4v) is 1.80. The Morgan fingerprint density at radius 2 is 1.78 bits per heavy atom. The lowest BCUT2D eigenvalue weighted by Gasteiger charge is -2.35. The first kappa shape index (κ1) is 17.3. The van der Waals surface area contributed by atoms with Crippen LogP contribution in [0, 0.1) is 0 Å². The molecule has 5 nitrogen and oxygen atoms in total. The summed E-state index contributed by atoms with van der Waals surface area (Å²) in [5.74, 6) is -0.881. The van der Waals surface area contributed by atoms with E-state index in [9.17, 15) is 4.79 Å². The van der Waals surface area contributed by atoms with Gasteiger partial charge in [-0.15, -0.1) is 12.6 Å². The van der Waals surface area contributed by atoms with Crippen LogP contribution in [0.25, 0.3) is 0 Å². The van der Waals surface area contributed by atoms with Crippen molar-refractivity contribution in [3.05, 3.63) is 0 Å². The van der Waals surface area contributed by atoms with Gasteiger partial charge in [0.05, 0.1) is 12.0 Å². The summed E-state index contributed by atoms with van der Waals surface area (Å²) in [7, 11) is 0. The fourth-order valence-electron chi connectivity index (χ4n) is 1.14. The molecule has 0 bridgehead atoms. The SMILES string of the molecule is CC(C)(C)N=NC(C)(C)N(CCC(=O)O)C(=S)S. The lowest BCUT2D eigenvalue weighted by Crippen LogP contribution is -2.45. The lowest BCUT2D eigenvalue weighted by molar-refractivity contribution is -0.137. The van der Waals surface area contributed by atoms with Gasteiger partial charge < -0.3 is 10.0 Å². The van der Waals surface area contributed by atoms with Crippen molar-refractivity contribution in [2.75, 3.05) is 6.54 Å². The van der Waals surface area contributed by atoms with Crippen molar-refractivity contribution in [3.63, 3.8) is 0 Å². The highest BCUT2D eigenvalue weighted by molar-refractivity contribution is 8.10. The van der Waals surface area contributed by atoms with Gasteiger partial charge in [-0.25, -0.2) is 0 Å². The van der Waals surface area contributed by atoms with E-state index in [-0.39, 0.29) is 18.5 Å². The summed E-state index contributed by atoms with van der Waals surface area (Å²) >= 11 is 9.14. The second-order valence-corrected chi connectivity index (χ2v) is 6.56. The van der Waals surface area contributed by atoms with Gasteiger partial charge in [0.25, 0.3) is 0 Å². The maximum Gasteiger partial charge on any atom is 0.305 e. The number of nitrogens with zero attached hydrogens (tertiary/aromatic N) is 3. The first-order valence-electron chi connectivity index (χ1n) is 5.62. The molecular formula is C11H21N3O2S2. The van der Waals surface area contributed by atoms with Gasteiger partial charge in [-0.1, -0.05) is 12.2 Å². The summed E-state index contributed by atoms with van der Waals surface area (Å²) in [4.78, 5) is 12.3. The maximum atomic E-state index is 10.6. The Morgan fingerprint density at radius 3 is 2.11 bits per heavy atom. The van der Waals surface area contributed by atoms with Crippen LogP contribution in [0.1, 0.15) is 41.0 Å². The molecule has 0 rings (SSSR count). The van der Waals surface area contributed by atoms with Crippen LogP contribution in [-0.2, 0) is 4.79 Å². The van der Waals surface area contributed by atoms with Crippen LogP contribution < -0.4 is 0 Å². The van der Waals surface area contributed by atoms with Crippen molar-refractivity contribution >= 4 is 35.1 Å². The Hall–Kier alpha value is -0.690. The number of hydrogen-bond acceptors (Lipinski definition) is 4. The van der Waals surface area contributed by atoms with Crippen LogP contribution in [0.3, 0.4) is 0 Å². The quantitative estimate of drug-likeness (QED) is 0.464. The average Bonchev–Trinajstić information content (AvgIpc) is 2.12. The number of thiol groups is 1. The molecule has 0 aromatic rings. The van der Waals surface area contributed by atoms with Crippen molar-refractivity contribution in [1.82, 2.24) is 4.90 Å². The second-order valence-electron chi connectivity index (χ2n) is 5.44. The maximum absolute atomic E-state index is 10.6. The monoisotopic (exact) mass is 291 g/mol. The van der Waals surface area contributed by atoms with Crippen molar-refractivity contribution in [1.29, 1.82) is 0 Å². The van der Waals surface area contributed by atoms with Gasteiger partial charge in [-0.2, -0.15) is 10.2 Å². The standard InChI is InChI=1S/C11H21N3O2S2/c1-10(2,3)12-13-11(4,5)14(9(17)18)7-6-8(15)16/h6-7H2,1-5H3,(H,15,16)(H,17,18). The molecule has 104 valence electrons. The Morgan fingerprint density at radius 1 is 1.28 bits per heavy atom. The predicted octanol–water partition coefficient (Wildman–Crippen LogP) is 2.96. The van der Waals surface area contributed by atoms with Crippen molar-refractivity contribution < 1.29 is 9.90 Å². The Balaban J connectivity index is 4.92. The fraction of sp³-hybridized carbons (Fsp3) is 0.818. The van der Waals surface area contributed by atoms with Gasteiger partial charge in [-0.05, 0) is 34.6 Å². The topological polar surface area (TPSA) is 65.3 Å². The molecule has 0 amide bonds. The van der Waals surface area contributed by atoms with Crippen molar-refractivity contribution in [2.45, 2.75) is 52.2 Å². The van der Waals surface area contributed by atoms with E-state index in [2.05, 4.69) is 22.9 Å². The molecule has 0 heterocycles. The number of hydrogen-bond donors (Lipinski definition) is 2. The van der Waals surface area contributed by atoms with E-state index in [1.807, 2.05) is 34.6 Å². The molecule has 0 aromatic heterocycles. The summed E-state index contributed by atoms with van der Waals surface area (Å²) in [6.07, 6.45) is -0.0187. The molecule has 0 aromatic carbocycles. The average molecular weight is 291 g/mol. The van der Waals surface area contributed by atoms with Gasteiger partial charge in [0.1, 0.15) is 9.98 Å². The van der Waals surface area contributed by atoms with E-state index in [0.29, 0.717) is 4.32 Å². The second kappa shape index (κ2) is 6.47. The summed E-state index contributed by atoms with van der Waals surface area (Å²) in [6, 6.07) is 0. The highest BCUT2D eigenvalue weighted by Crippen LogP contribution is 2.21. The van der Waals surface area contributed by atoms with E-state index in [4.69, 9.17) is 17.3 Å². The van der Waals surface area contributed by atoms with Gasteiger partial charge in [0.15, 0.2) is 0 Å². The third kappa shape index (κ3) is 6.90. The molecule has 0 saturated heterocycles. The molecular weight excluding hydrogens is 270 g/mol. The lowest BCUT2D eigenvalue weighted by atomic mass is 10.1. The van der Waals surface area contributed by atoms with E-state index in [1.54, 1.807) is 4.90 Å². The zero-order valence-electron chi connectivity index (χ0n) is 11.5. The van der Waals surface area contributed by atoms with Crippen molar-refractivity contribution in [2.24, 2.45) is 10.2 Å². The zero-order valence-corrected chi connectivity index (χ0v) is 13.2. The van der Waals surface area contributed by atoms with Crippen LogP contribution in [0.4, 0.5) is 0 Å². The normalized spacial score (nSPS) is 12.8. The highest BCUT2D eigenvalue weighted by atomic mass is 32.1. The highest BCUT2D eigenvalue weighted by Gasteiger charge is 2.28. The third-order valence-corrected chi connectivity index (χ3v) is 2.50. The number of thiocarbonyl (C=S) groups is 1. The van der Waals surface area contributed by atoms with Gasteiger partial charge >= 0.3 is 5.97 Å². The molecule has 0 saturated carbocycles. The Bertz CT molecular complexity index is 349. The number of carboxylic acid groups (broad SMARTS) is 1.